The smallest absolute Gasteiger partial charge is 0.289 e. The van der Waals surface area contributed by atoms with Crippen LogP contribution in [0.5, 0.6) is 0 Å². The summed E-state index contributed by atoms with van der Waals surface area (Å²) in [5, 5.41) is 0. The number of furan rings is 1. The molecular weight excluding hydrogens is 426 g/mol. The molecule has 180 valence electrons. The first-order chi connectivity index (χ1) is 16.0. The number of rotatable bonds is 9. The summed E-state index contributed by atoms with van der Waals surface area (Å²) in [6.07, 6.45) is 4.18. The van der Waals surface area contributed by atoms with Crippen LogP contribution in [0, 0.1) is 0 Å². The molecule has 0 N–H and O–H groups in total. The van der Waals surface area contributed by atoms with Crippen LogP contribution in [-0.4, -0.2) is 78.5 Å². The molecule has 0 aromatic carbocycles. The van der Waals surface area contributed by atoms with E-state index in [1.165, 1.54) is 7.11 Å². The van der Waals surface area contributed by atoms with Crippen LogP contribution < -0.4 is 0 Å². The third-order valence-corrected chi connectivity index (χ3v) is 6.22. The van der Waals surface area contributed by atoms with E-state index in [2.05, 4.69) is 0 Å². The Morgan fingerprint density at radius 3 is 2.61 bits per heavy atom. The fourth-order valence-corrected chi connectivity index (χ4v) is 4.46. The maximum atomic E-state index is 12.9. The third kappa shape index (κ3) is 5.48. The first-order valence-electron chi connectivity index (χ1n) is 11.6. The summed E-state index contributed by atoms with van der Waals surface area (Å²) in [7, 11) is 1.53. The second-order valence-electron chi connectivity index (χ2n) is 8.54. The minimum atomic E-state index is -0.508. The Labute approximate surface area is 194 Å². The Balaban J connectivity index is 1.37. The third-order valence-electron chi connectivity index (χ3n) is 6.22. The average molecular weight is 460 g/mol. The number of methoxy groups -OCH3 is 1. The zero-order chi connectivity index (χ0) is 23.3. The highest BCUT2D eigenvalue weighted by atomic mass is 16.7. The van der Waals surface area contributed by atoms with Gasteiger partial charge in [0, 0.05) is 51.5 Å². The van der Waals surface area contributed by atoms with E-state index in [0.717, 1.165) is 12.1 Å². The van der Waals surface area contributed by atoms with Crippen molar-refractivity contribution in [3.05, 3.63) is 47.7 Å². The number of carbonyl (C=O) groups is 2. The van der Waals surface area contributed by atoms with Crippen LogP contribution in [0.15, 0.2) is 34.9 Å². The summed E-state index contributed by atoms with van der Waals surface area (Å²) in [5.41, 5.74) is 0.995. The van der Waals surface area contributed by atoms with Gasteiger partial charge in [0.25, 0.3) is 5.91 Å². The first kappa shape index (κ1) is 23.5. The van der Waals surface area contributed by atoms with Gasteiger partial charge in [0.05, 0.1) is 26.3 Å². The normalized spacial score (nSPS) is 17.6. The molecule has 0 bridgehead atoms. The molecule has 2 aromatic heterocycles. The van der Waals surface area contributed by atoms with E-state index in [4.69, 9.17) is 18.6 Å². The number of ether oxygens (including phenoxy) is 3. The fourth-order valence-electron chi connectivity index (χ4n) is 4.46. The number of aromatic nitrogens is 1. The zero-order valence-corrected chi connectivity index (χ0v) is 19.5. The van der Waals surface area contributed by atoms with Crippen molar-refractivity contribution in [2.45, 2.75) is 45.1 Å². The molecule has 4 heterocycles. The van der Waals surface area contributed by atoms with E-state index in [0.29, 0.717) is 70.3 Å². The number of amides is 2. The molecule has 0 saturated carbocycles. The van der Waals surface area contributed by atoms with Crippen LogP contribution in [0.2, 0.25) is 0 Å². The van der Waals surface area contributed by atoms with Gasteiger partial charge in [-0.1, -0.05) is 6.92 Å². The summed E-state index contributed by atoms with van der Waals surface area (Å²) in [4.78, 5) is 28.9. The quantitative estimate of drug-likeness (QED) is 0.573. The van der Waals surface area contributed by atoms with Crippen LogP contribution in [0.4, 0.5) is 0 Å². The summed E-state index contributed by atoms with van der Waals surface area (Å²) < 4.78 is 24.4. The average Bonchev–Trinajstić information content (AvgIpc) is 3.57. The standard InChI is InChI=1S/C24H33N3O6/c1-3-10-27(22(28)18-30-2)16-19-5-4-11-26(19)17-20-6-7-21(33-20)23(29)25-12-8-24(9-13-25)31-14-15-32-24/h4-7,11H,3,8-10,12-18H2,1-2H3. The van der Waals surface area contributed by atoms with Crippen molar-refractivity contribution in [1.82, 2.24) is 14.4 Å². The van der Waals surface area contributed by atoms with E-state index < -0.39 is 5.79 Å². The van der Waals surface area contributed by atoms with Gasteiger partial charge >= 0.3 is 0 Å². The molecule has 0 atom stereocenters. The maximum Gasteiger partial charge on any atom is 0.289 e. The summed E-state index contributed by atoms with van der Waals surface area (Å²) in [5.74, 6) is 0.380. The molecule has 2 saturated heterocycles. The van der Waals surface area contributed by atoms with Crippen molar-refractivity contribution in [2.75, 3.05) is 46.6 Å². The van der Waals surface area contributed by atoms with Crippen LogP contribution >= 0.6 is 0 Å². The van der Waals surface area contributed by atoms with Crippen molar-refractivity contribution in [2.24, 2.45) is 0 Å². The molecule has 9 heteroatoms. The molecule has 4 rings (SSSR count). The van der Waals surface area contributed by atoms with E-state index in [9.17, 15) is 9.59 Å². The van der Waals surface area contributed by atoms with Gasteiger partial charge in [0.1, 0.15) is 12.4 Å². The highest BCUT2D eigenvalue weighted by Crippen LogP contribution is 2.31. The predicted molar refractivity (Wildman–Crippen MR) is 120 cm³/mol. The largest absolute Gasteiger partial charge is 0.454 e. The number of carbonyl (C=O) groups excluding carboxylic acids is 2. The fraction of sp³-hybridized carbons (Fsp3) is 0.583. The molecule has 2 aromatic rings. The lowest BCUT2D eigenvalue weighted by Gasteiger charge is -2.37. The number of nitrogens with zero attached hydrogens (tertiary/aromatic N) is 3. The second-order valence-corrected chi connectivity index (χ2v) is 8.54. The first-order valence-corrected chi connectivity index (χ1v) is 11.6. The van der Waals surface area contributed by atoms with Gasteiger partial charge < -0.3 is 33.0 Å². The van der Waals surface area contributed by atoms with Crippen molar-refractivity contribution < 1.29 is 28.2 Å². The Hall–Kier alpha value is -2.62. The summed E-state index contributed by atoms with van der Waals surface area (Å²) in [6.45, 7) is 6.16. The van der Waals surface area contributed by atoms with Gasteiger partial charge in [-0.3, -0.25) is 9.59 Å². The monoisotopic (exact) mass is 459 g/mol. The van der Waals surface area contributed by atoms with Gasteiger partial charge in [-0.25, -0.2) is 0 Å². The lowest BCUT2D eigenvalue weighted by Crippen LogP contribution is -2.47. The number of likely N-dealkylation sites (tertiary alicyclic amines) is 1. The van der Waals surface area contributed by atoms with Crippen molar-refractivity contribution in [1.29, 1.82) is 0 Å². The SMILES string of the molecule is CCCN(Cc1cccn1Cc1ccc(C(=O)N2CCC3(CC2)OCCO3)o1)C(=O)COC. The van der Waals surface area contributed by atoms with Gasteiger partial charge in [-0.2, -0.15) is 0 Å². The van der Waals surface area contributed by atoms with Crippen molar-refractivity contribution in [3.63, 3.8) is 0 Å². The van der Waals surface area contributed by atoms with Crippen LogP contribution in [0.1, 0.15) is 48.2 Å². The number of hydrogen-bond donors (Lipinski definition) is 0. The molecule has 9 nitrogen and oxygen atoms in total. The van der Waals surface area contributed by atoms with Gasteiger partial charge in [0.2, 0.25) is 5.91 Å². The molecule has 0 aliphatic carbocycles. The van der Waals surface area contributed by atoms with E-state index >= 15 is 0 Å². The molecule has 1 spiro atoms. The van der Waals surface area contributed by atoms with Crippen LogP contribution in [0.25, 0.3) is 0 Å². The number of piperidine rings is 1. The lowest BCUT2D eigenvalue weighted by molar-refractivity contribution is -0.181. The van der Waals surface area contributed by atoms with Gasteiger partial charge in [-0.15, -0.1) is 0 Å². The van der Waals surface area contributed by atoms with Crippen molar-refractivity contribution >= 4 is 11.8 Å². The van der Waals surface area contributed by atoms with E-state index in [1.807, 2.05) is 35.9 Å². The van der Waals surface area contributed by atoms with E-state index in [1.54, 1.807) is 15.9 Å². The number of hydrogen-bond acceptors (Lipinski definition) is 6. The van der Waals surface area contributed by atoms with Gasteiger partial charge in [0.15, 0.2) is 11.5 Å². The maximum absolute atomic E-state index is 12.9. The highest BCUT2D eigenvalue weighted by molar-refractivity contribution is 5.91. The minimum absolute atomic E-state index is 0.0327. The van der Waals surface area contributed by atoms with E-state index in [-0.39, 0.29) is 18.4 Å². The summed E-state index contributed by atoms with van der Waals surface area (Å²) in [6, 6.07) is 7.52. The van der Waals surface area contributed by atoms with Crippen LogP contribution in [-0.2, 0) is 32.1 Å². The van der Waals surface area contributed by atoms with Gasteiger partial charge in [-0.05, 0) is 30.7 Å². The minimum Gasteiger partial charge on any atom is -0.454 e. The van der Waals surface area contributed by atoms with Crippen LogP contribution in [0.3, 0.4) is 0 Å². The molecule has 2 aliphatic rings. The Morgan fingerprint density at radius 1 is 1.15 bits per heavy atom. The molecular formula is C24H33N3O6. The molecule has 2 fully saturated rings. The second kappa shape index (κ2) is 10.5. The predicted octanol–water partition coefficient (Wildman–Crippen LogP) is 2.49. The molecule has 33 heavy (non-hydrogen) atoms. The van der Waals surface area contributed by atoms with Crippen molar-refractivity contribution in [3.8, 4) is 0 Å². The highest BCUT2D eigenvalue weighted by Gasteiger charge is 2.41. The Morgan fingerprint density at radius 2 is 1.91 bits per heavy atom. The lowest BCUT2D eigenvalue weighted by atomic mass is 10.0. The molecule has 2 amide bonds. The zero-order valence-electron chi connectivity index (χ0n) is 19.5. The molecule has 0 radical (unpaired) electrons. The molecule has 2 aliphatic heterocycles. The Bertz CT molecular complexity index is 936. The molecule has 0 unspecified atom stereocenters. The summed E-state index contributed by atoms with van der Waals surface area (Å²) >= 11 is 0. The Kier molecular flexibility index (Phi) is 7.52. The topological polar surface area (TPSA) is 86.4 Å².